The maximum atomic E-state index is 11.8. The van der Waals surface area contributed by atoms with Crippen molar-refractivity contribution in [3.05, 3.63) is 30.3 Å². The molecule has 0 amide bonds. The van der Waals surface area contributed by atoms with Gasteiger partial charge in [0, 0.05) is 0 Å². The van der Waals surface area contributed by atoms with Crippen molar-refractivity contribution in [3.8, 4) is 0 Å². The largest absolute Gasteiger partial charge is 0.447 e. The highest BCUT2D eigenvalue weighted by Crippen LogP contribution is 2.17. The van der Waals surface area contributed by atoms with Gasteiger partial charge >= 0.3 is 0 Å². The maximum Gasteiger partial charge on any atom is 0.294 e. The van der Waals surface area contributed by atoms with Gasteiger partial charge in [-0.05, 0) is 12.1 Å². The Morgan fingerprint density at radius 2 is 1.93 bits per heavy atom. The highest BCUT2D eigenvalue weighted by Gasteiger charge is 2.27. The number of carbonyl (C=O) groups excluding carboxylic acids is 1. The van der Waals surface area contributed by atoms with Crippen LogP contribution in [-0.4, -0.2) is 25.7 Å². The smallest absolute Gasteiger partial charge is 0.294 e. The van der Waals surface area contributed by atoms with E-state index in [1.807, 2.05) is 0 Å². The number of benzene rings is 1. The molecule has 1 unspecified atom stereocenters. The predicted molar refractivity (Wildman–Crippen MR) is 58.4 cm³/mol. The summed E-state index contributed by atoms with van der Waals surface area (Å²) in [5.74, 6) is 0. The summed E-state index contributed by atoms with van der Waals surface area (Å²) in [4.78, 5) is 10.3. The number of hydrogen-bond donors (Lipinski definition) is 0. The summed E-state index contributed by atoms with van der Waals surface area (Å²) in [5, 5.41) is 0.0446. The zero-order valence-electron chi connectivity index (χ0n) is 7.67. The summed E-state index contributed by atoms with van der Waals surface area (Å²) in [6, 6.07) is 7.85. The van der Waals surface area contributed by atoms with Crippen LogP contribution < -0.4 is 0 Å². The van der Waals surface area contributed by atoms with E-state index in [9.17, 15) is 13.2 Å². The lowest BCUT2D eigenvalue weighted by atomic mass is 10.4. The van der Waals surface area contributed by atoms with Crippen LogP contribution in [0.15, 0.2) is 35.2 Å². The van der Waals surface area contributed by atoms with Crippen LogP contribution in [0.2, 0.25) is 0 Å². The van der Waals surface area contributed by atoms with Crippen LogP contribution in [0.25, 0.3) is 0 Å². The summed E-state index contributed by atoms with van der Waals surface area (Å²) in [7, 11) is -3.61. The zero-order valence-corrected chi connectivity index (χ0v) is 10.1. The molecule has 1 aromatic rings. The van der Waals surface area contributed by atoms with Crippen molar-refractivity contribution < 1.29 is 17.9 Å². The van der Waals surface area contributed by atoms with Gasteiger partial charge in [0.15, 0.2) is 0 Å². The summed E-state index contributed by atoms with van der Waals surface area (Å²) < 4.78 is 28.2. The van der Waals surface area contributed by atoms with Crippen molar-refractivity contribution in [2.75, 3.05) is 5.33 Å². The first-order chi connectivity index (χ1) is 7.12. The van der Waals surface area contributed by atoms with E-state index in [1.54, 1.807) is 18.2 Å². The number of alkyl halides is 1. The molecule has 1 aromatic carbocycles. The summed E-state index contributed by atoms with van der Waals surface area (Å²) in [6.07, 6.45) is 0. The monoisotopic (exact) mass is 292 g/mol. The Balaban J connectivity index is 3.06. The molecule has 0 fully saturated rings. The van der Waals surface area contributed by atoms with Gasteiger partial charge in [-0.15, -0.1) is 0 Å². The second kappa shape index (κ2) is 5.27. The van der Waals surface area contributed by atoms with Crippen LogP contribution in [0, 0.1) is 0 Å². The van der Waals surface area contributed by atoms with Gasteiger partial charge in [-0.2, -0.15) is 0 Å². The van der Waals surface area contributed by atoms with E-state index in [0.717, 1.165) is 0 Å². The molecule has 6 heteroatoms. The average Bonchev–Trinajstić information content (AvgIpc) is 2.27. The fraction of sp³-hybridized carbons (Fsp3) is 0.222. The third-order valence-corrected chi connectivity index (χ3v) is 4.67. The zero-order chi connectivity index (χ0) is 11.3. The maximum absolute atomic E-state index is 11.8. The molecule has 0 aliphatic rings. The van der Waals surface area contributed by atoms with E-state index in [2.05, 4.69) is 20.7 Å². The number of ether oxygens (including phenoxy) is 1. The van der Waals surface area contributed by atoms with Gasteiger partial charge in [-0.1, -0.05) is 34.1 Å². The van der Waals surface area contributed by atoms with Crippen LogP contribution in [0.1, 0.15) is 0 Å². The molecule has 0 bridgehead atoms. The molecule has 82 valence electrons. The Hall–Kier alpha value is -0.880. The SMILES string of the molecule is O=COC(CBr)S(=O)(=O)c1ccccc1. The highest BCUT2D eigenvalue weighted by molar-refractivity contribution is 9.09. The van der Waals surface area contributed by atoms with Crippen LogP contribution >= 0.6 is 15.9 Å². The number of sulfone groups is 1. The van der Waals surface area contributed by atoms with Gasteiger partial charge in [-0.25, -0.2) is 8.42 Å². The number of carbonyl (C=O) groups is 1. The molecule has 4 nitrogen and oxygen atoms in total. The van der Waals surface area contributed by atoms with E-state index in [4.69, 9.17) is 0 Å². The molecule has 0 aliphatic carbocycles. The first kappa shape index (κ1) is 12.2. The Morgan fingerprint density at radius 1 is 1.33 bits per heavy atom. The lowest BCUT2D eigenvalue weighted by Gasteiger charge is -2.12. The quantitative estimate of drug-likeness (QED) is 0.607. The van der Waals surface area contributed by atoms with Crippen LogP contribution in [0.4, 0.5) is 0 Å². The first-order valence-electron chi connectivity index (χ1n) is 4.07. The molecular formula is C9H9BrO4S. The normalized spacial score (nSPS) is 13.1. The van der Waals surface area contributed by atoms with Crippen molar-refractivity contribution in [1.29, 1.82) is 0 Å². The van der Waals surface area contributed by atoms with E-state index in [-0.39, 0.29) is 16.7 Å². The van der Waals surface area contributed by atoms with Gasteiger partial charge in [0.1, 0.15) is 0 Å². The molecule has 0 aliphatic heterocycles. The molecular weight excluding hydrogens is 284 g/mol. The molecule has 0 aromatic heterocycles. The average molecular weight is 293 g/mol. The van der Waals surface area contributed by atoms with E-state index >= 15 is 0 Å². The molecule has 0 N–H and O–H groups in total. The molecule has 1 atom stereocenters. The molecule has 0 saturated carbocycles. The number of halogens is 1. The van der Waals surface area contributed by atoms with Gasteiger partial charge in [0.2, 0.25) is 15.3 Å². The van der Waals surface area contributed by atoms with Crippen molar-refractivity contribution in [1.82, 2.24) is 0 Å². The third kappa shape index (κ3) is 2.79. The third-order valence-electron chi connectivity index (χ3n) is 1.75. The molecule has 0 spiro atoms. The highest BCUT2D eigenvalue weighted by atomic mass is 79.9. The second-order valence-electron chi connectivity index (χ2n) is 2.67. The van der Waals surface area contributed by atoms with Gasteiger partial charge in [0.25, 0.3) is 6.47 Å². The number of rotatable bonds is 5. The Morgan fingerprint density at radius 3 is 2.40 bits per heavy atom. The molecule has 1 rings (SSSR count). The summed E-state index contributed by atoms with van der Waals surface area (Å²) >= 11 is 2.99. The lowest BCUT2D eigenvalue weighted by molar-refractivity contribution is -0.129. The van der Waals surface area contributed by atoms with E-state index < -0.39 is 15.3 Å². The van der Waals surface area contributed by atoms with Gasteiger partial charge in [0.05, 0.1) is 10.2 Å². The fourth-order valence-corrected chi connectivity index (χ4v) is 3.41. The molecule has 0 saturated heterocycles. The standard InChI is InChI=1S/C9H9BrO4S/c10-6-9(14-7-11)15(12,13)8-4-2-1-3-5-8/h1-5,7,9H,6H2. The fourth-order valence-electron chi connectivity index (χ4n) is 1.02. The second-order valence-corrected chi connectivity index (χ2v) is 5.41. The van der Waals surface area contributed by atoms with Crippen LogP contribution in [0.3, 0.4) is 0 Å². The van der Waals surface area contributed by atoms with Crippen molar-refractivity contribution in [2.24, 2.45) is 0 Å². The van der Waals surface area contributed by atoms with E-state index in [0.29, 0.717) is 0 Å². The molecule has 15 heavy (non-hydrogen) atoms. The van der Waals surface area contributed by atoms with Crippen LogP contribution in [0.5, 0.6) is 0 Å². The van der Waals surface area contributed by atoms with Crippen molar-refractivity contribution in [2.45, 2.75) is 10.3 Å². The summed E-state index contributed by atoms with van der Waals surface area (Å²) in [5.41, 5.74) is -1.18. The topological polar surface area (TPSA) is 60.4 Å². The Labute approximate surface area is 96.3 Å². The van der Waals surface area contributed by atoms with Gasteiger partial charge < -0.3 is 4.74 Å². The molecule has 0 radical (unpaired) electrons. The van der Waals surface area contributed by atoms with Crippen molar-refractivity contribution in [3.63, 3.8) is 0 Å². The van der Waals surface area contributed by atoms with Gasteiger partial charge in [-0.3, -0.25) is 4.79 Å². The minimum absolute atomic E-state index is 0.0446. The minimum atomic E-state index is -3.61. The predicted octanol–water partition coefficient (Wildman–Crippen LogP) is 1.35. The lowest BCUT2D eigenvalue weighted by Crippen LogP contribution is -2.25. The minimum Gasteiger partial charge on any atom is -0.447 e. The molecule has 0 heterocycles. The van der Waals surface area contributed by atoms with Crippen molar-refractivity contribution >= 4 is 32.2 Å². The van der Waals surface area contributed by atoms with E-state index in [1.165, 1.54) is 12.1 Å². The summed E-state index contributed by atoms with van der Waals surface area (Å²) in [6.45, 7) is 0.131. The van der Waals surface area contributed by atoms with Crippen LogP contribution in [-0.2, 0) is 19.4 Å². The first-order valence-corrected chi connectivity index (χ1v) is 6.73. The Kier molecular flexibility index (Phi) is 4.28. The number of hydrogen-bond acceptors (Lipinski definition) is 4. The Bertz CT molecular complexity index is 415.